The van der Waals surface area contributed by atoms with Crippen LogP contribution in [0.1, 0.15) is 5.56 Å². The molecule has 0 saturated heterocycles. The number of nitrogens with one attached hydrogen (secondary N) is 1. The van der Waals surface area contributed by atoms with E-state index in [2.05, 4.69) is 17.0 Å². The molecular weight excluding hydrogens is 319 g/mol. The standard InChI is InChI=1S/C15H17N2O5P/c1-4-23(19,22-17-12-6-5-7-16-10-12)21-13-8-11(2)15(18)14(9-13)20-3/h4-10,17-18H,1H2,2-3H3. The molecule has 0 aliphatic rings. The van der Waals surface area contributed by atoms with Crippen LogP contribution in [0.4, 0.5) is 5.69 Å². The number of phenolic OH excluding ortho intramolecular Hbond substituents is 1. The van der Waals surface area contributed by atoms with Crippen molar-refractivity contribution >= 4 is 13.3 Å². The minimum Gasteiger partial charge on any atom is -0.504 e. The van der Waals surface area contributed by atoms with Crippen molar-refractivity contribution in [3.05, 3.63) is 54.6 Å². The van der Waals surface area contributed by atoms with Crippen LogP contribution in [0.2, 0.25) is 0 Å². The molecule has 0 amide bonds. The summed E-state index contributed by atoms with van der Waals surface area (Å²) in [7, 11) is -2.26. The van der Waals surface area contributed by atoms with Crippen LogP contribution in [-0.2, 0) is 9.19 Å². The molecule has 0 aliphatic carbocycles. The molecule has 1 aromatic carbocycles. The van der Waals surface area contributed by atoms with Crippen molar-refractivity contribution in [3.63, 3.8) is 0 Å². The van der Waals surface area contributed by atoms with Crippen molar-refractivity contribution < 1.29 is 23.6 Å². The average Bonchev–Trinajstić information content (AvgIpc) is 2.57. The summed E-state index contributed by atoms with van der Waals surface area (Å²) in [6.07, 6.45) is 3.10. The summed E-state index contributed by atoms with van der Waals surface area (Å²) in [6, 6.07) is 6.31. The van der Waals surface area contributed by atoms with E-state index >= 15 is 0 Å². The lowest BCUT2D eigenvalue weighted by Crippen LogP contribution is -2.03. The molecule has 8 heteroatoms. The first-order valence-electron chi connectivity index (χ1n) is 6.62. The number of methoxy groups -OCH3 is 1. The zero-order valence-electron chi connectivity index (χ0n) is 12.7. The summed E-state index contributed by atoms with van der Waals surface area (Å²) < 4.78 is 28.1. The molecule has 122 valence electrons. The van der Waals surface area contributed by atoms with Gasteiger partial charge in [-0.05, 0) is 30.7 Å². The first-order valence-corrected chi connectivity index (χ1v) is 8.24. The molecule has 1 atom stereocenters. The first-order chi connectivity index (χ1) is 11.0. The predicted octanol–water partition coefficient (Wildman–Crippen LogP) is 3.86. The van der Waals surface area contributed by atoms with Gasteiger partial charge < -0.3 is 14.4 Å². The molecule has 0 bridgehead atoms. The maximum Gasteiger partial charge on any atom is 0.424 e. The molecule has 0 saturated carbocycles. The normalized spacial score (nSPS) is 13.0. The van der Waals surface area contributed by atoms with Crippen LogP contribution >= 0.6 is 7.60 Å². The van der Waals surface area contributed by atoms with E-state index < -0.39 is 7.60 Å². The number of aryl methyl sites for hydroxylation is 1. The Kier molecular flexibility index (Phi) is 5.26. The van der Waals surface area contributed by atoms with Crippen LogP contribution in [0, 0.1) is 6.92 Å². The number of ether oxygens (including phenoxy) is 1. The van der Waals surface area contributed by atoms with Crippen LogP contribution in [-0.4, -0.2) is 17.2 Å². The van der Waals surface area contributed by atoms with Gasteiger partial charge in [0.1, 0.15) is 5.75 Å². The topological polar surface area (TPSA) is 89.9 Å². The summed E-state index contributed by atoms with van der Waals surface area (Å²) in [5.41, 5.74) is 3.53. The summed E-state index contributed by atoms with van der Waals surface area (Å²) >= 11 is 0. The number of phenols is 1. The number of aromatic hydroxyl groups is 1. The van der Waals surface area contributed by atoms with Crippen LogP contribution < -0.4 is 14.7 Å². The molecule has 1 aromatic heterocycles. The minimum absolute atomic E-state index is 0.0114. The third-order valence-electron chi connectivity index (χ3n) is 2.87. The third kappa shape index (κ3) is 4.25. The second kappa shape index (κ2) is 7.17. The van der Waals surface area contributed by atoms with Crippen molar-refractivity contribution in [2.75, 3.05) is 12.6 Å². The minimum atomic E-state index is -3.67. The SMILES string of the molecule is C=CP(=O)(ONc1cccnc1)Oc1cc(C)c(O)c(OC)c1. The number of benzene rings is 1. The fraction of sp³-hybridized carbons (Fsp3) is 0.133. The highest BCUT2D eigenvalue weighted by Gasteiger charge is 2.24. The third-order valence-corrected chi connectivity index (χ3v) is 4.13. The number of pyridine rings is 1. The molecule has 0 aliphatic heterocycles. The molecule has 0 radical (unpaired) electrons. The van der Waals surface area contributed by atoms with Crippen LogP contribution in [0.15, 0.2) is 49.1 Å². The summed E-state index contributed by atoms with van der Waals surface area (Å²) in [4.78, 5) is 3.90. The molecule has 7 nitrogen and oxygen atoms in total. The van der Waals surface area contributed by atoms with Crippen LogP contribution in [0.25, 0.3) is 0 Å². The zero-order chi connectivity index (χ0) is 16.9. The largest absolute Gasteiger partial charge is 0.504 e. The van der Waals surface area contributed by atoms with E-state index in [1.54, 1.807) is 25.3 Å². The highest BCUT2D eigenvalue weighted by molar-refractivity contribution is 7.57. The maximum atomic E-state index is 12.6. The van der Waals surface area contributed by atoms with Crippen molar-refractivity contribution in [2.24, 2.45) is 0 Å². The van der Waals surface area contributed by atoms with Gasteiger partial charge in [0.2, 0.25) is 0 Å². The molecule has 0 fully saturated rings. The van der Waals surface area contributed by atoms with E-state index in [0.29, 0.717) is 11.3 Å². The monoisotopic (exact) mass is 336 g/mol. The zero-order valence-corrected chi connectivity index (χ0v) is 13.6. The summed E-state index contributed by atoms with van der Waals surface area (Å²) in [6.45, 7) is 5.14. The fourth-order valence-corrected chi connectivity index (χ4v) is 2.52. The lowest BCUT2D eigenvalue weighted by atomic mass is 10.2. The van der Waals surface area contributed by atoms with E-state index in [0.717, 1.165) is 5.82 Å². The Morgan fingerprint density at radius 1 is 1.43 bits per heavy atom. The second-order valence-electron chi connectivity index (χ2n) is 4.54. The lowest BCUT2D eigenvalue weighted by molar-refractivity contribution is 0.325. The van der Waals surface area contributed by atoms with Gasteiger partial charge in [0, 0.05) is 18.1 Å². The highest BCUT2D eigenvalue weighted by atomic mass is 31.2. The van der Waals surface area contributed by atoms with Crippen molar-refractivity contribution in [1.29, 1.82) is 0 Å². The van der Waals surface area contributed by atoms with E-state index in [4.69, 9.17) is 13.9 Å². The number of hydrogen-bond acceptors (Lipinski definition) is 7. The maximum absolute atomic E-state index is 12.6. The van der Waals surface area contributed by atoms with Crippen molar-refractivity contribution in [2.45, 2.75) is 6.92 Å². The highest BCUT2D eigenvalue weighted by Crippen LogP contribution is 2.50. The molecule has 1 unspecified atom stereocenters. The quantitative estimate of drug-likeness (QED) is 0.586. The molecule has 2 aromatic rings. The molecule has 2 rings (SSSR count). The van der Waals surface area contributed by atoms with Gasteiger partial charge in [-0.3, -0.25) is 10.5 Å². The van der Waals surface area contributed by atoms with Crippen LogP contribution in [0.3, 0.4) is 0 Å². The van der Waals surface area contributed by atoms with Crippen molar-refractivity contribution in [1.82, 2.24) is 4.98 Å². The van der Waals surface area contributed by atoms with Gasteiger partial charge in [-0.1, -0.05) is 6.58 Å². The summed E-state index contributed by atoms with van der Waals surface area (Å²) in [5.74, 6) is 1.48. The molecule has 2 N–H and O–H groups in total. The molecule has 1 heterocycles. The number of rotatable bonds is 7. The Balaban J connectivity index is 2.16. The predicted molar refractivity (Wildman–Crippen MR) is 86.8 cm³/mol. The van der Waals surface area contributed by atoms with Gasteiger partial charge in [0.15, 0.2) is 11.5 Å². The Morgan fingerprint density at radius 2 is 2.22 bits per heavy atom. The number of anilines is 1. The molecular formula is C15H17N2O5P. The Morgan fingerprint density at radius 3 is 2.83 bits per heavy atom. The molecule has 23 heavy (non-hydrogen) atoms. The average molecular weight is 336 g/mol. The fourth-order valence-electron chi connectivity index (χ4n) is 1.70. The lowest BCUT2D eigenvalue weighted by Gasteiger charge is -2.17. The Labute approximate surface area is 134 Å². The van der Waals surface area contributed by atoms with E-state index in [-0.39, 0.29) is 17.2 Å². The molecule has 0 spiro atoms. The smallest absolute Gasteiger partial charge is 0.424 e. The van der Waals surface area contributed by atoms with E-state index in [1.165, 1.54) is 25.4 Å². The second-order valence-corrected chi connectivity index (χ2v) is 6.35. The summed E-state index contributed by atoms with van der Waals surface area (Å²) in [5, 5.41) is 9.81. The first kappa shape index (κ1) is 16.9. The van der Waals surface area contributed by atoms with Gasteiger partial charge in [0.05, 0.1) is 19.0 Å². The van der Waals surface area contributed by atoms with Gasteiger partial charge in [-0.25, -0.2) is 4.57 Å². The Bertz CT molecular complexity index is 736. The van der Waals surface area contributed by atoms with Gasteiger partial charge >= 0.3 is 7.60 Å². The number of nitrogens with zero attached hydrogens (tertiary/aromatic N) is 1. The van der Waals surface area contributed by atoms with E-state index in [9.17, 15) is 9.67 Å². The van der Waals surface area contributed by atoms with Gasteiger partial charge in [-0.15, -0.1) is 0 Å². The van der Waals surface area contributed by atoms with Gasteiger partial charge in [-0.2, -0.15) is 4.62 Å². The number of aromatic nitrogens is 1. The van der Waals surface area contributed by atoms with E-state index in [1.807, 2.05) is 0 Å². The van der Waals surface area contributed by atoms with Crippen LogP contribution in [0.5, 0.6) is 17.2 Å². The van der Waals surface area contributed by atoms with Crippen molar-refractivity contribution in [3.8, 4) is 17.2 Å². The number of hydrogen-bond donors (Lipinski definition) is 2. The Hall–Kier alpha value is -2.50. The van der Waals surface area contributed by atoms with Gasteiger partial charge in [0.25, 0.3) is 0 Å².